The quantitative estimate of drug-likeness (QED) is 0.797. The highest BCUT2D eigenvalue weighted by atomic mass is 16.6. The van der Waals surface area contributed by atoms with E-state index in [4.69, 9.17) is 4.74 Å². The number of hydrogen-bond acceptors (Lipinski definition) is 4. The highest BCUT2D eigenvalue weighted by molar-refractivity contribution is 5.81. The Kier molecular flexibility index (Phi) is 7.11. The highest BCUT2D eigenvalue weighted by Crippen LogP contribution is 2.26. The van der Waals surface area contributed by atoms with E-state index in [0.29, 0.717) is 12.5 Å². The number of hydrogen-bond donors (Lipinski definition) is 2. The molecule has 2 amide bonds. The zero-order valence-electron chi connectivity index (χ0n) is 16.3. The molecular weight excluding hydrogens is 318 g/mol. The van der Waals surface area contributed by atoms with Gasteiger partial charge in [-0.3, -0.25) is 4.79 Å². The standard InChI is InChI=1S/C19H35N3O3/c1-14(17(23)22-11-6-5-7-12-22)21-16-10-8-9-15(16)13-20-18(24)25-19(2,3)4/h14-16,21H,5-13H2,1-4H3,(H,20,24). The summed E-state index contributed by atoms with van der Waals surface area (Å²) < 4.78 is 5.30. The molecule has 0 radical (unpaired) electrons. The minimum atomic E-state index is -0.479. The summed E-state index contributed by atoms with van der Waals surface area (Å²) in [6.07, 6.45) is 6.34. The van der Waals surface area contributed by atoms with Crippen LogP contribution in [0, 0.1) is 5.92 Å². The summed E-state index contributed by atoms with van der Waals surface area (Å²) in [5.41, 5.74) is -0.479. The molecule has 1 saturated heterocycles. The lowest BCUT2D eigenvalue weighted by Crippen LogP contribution is -2.51. The Morgan fingerprint density at radius 3 is 2.44 bits per heavy atom. The fourth-order valence-electron chi connectivity index (χ4n) is 3.81. The monoisotopic (exact) mass is 353 g/mol. The average molecular weight is 354 g/mol. The van der Waals surface area contributed by atoms with Crippen LogP contribution in [-0.4, -0.2) is 54.2 Å². The molecular formula is C19H35N3O3. The summed E-state index contributed by atoms with van der Waals surface area (Å²) in [5.74, 6) is 0.564. The van der Waals surface area contributed by atoms with Gasteiger partial charge in [-0.25, -0.2) is 4.79 Å². The van der Waals surface area contributed by atoms with Crippen LogP contribution in [0.5, 0.6) is 0 Å². The van der Waals surface area contributed by atoms with Crippen LogP contribution in [0.4, 0.5) is 4.79 Å². The molecule has 1 saturated carbocycles. The van der Waals surface area contributed by atoms with Gasteiger partial charge in [0.1, 0.15) is 5.60 Å². The van der Waals surface area contributed by atoms with Crippen LogP contribution < -0.4 is 10.6 Å². The Balaban J connectivity index is 1.78. The summed E-state index contributed by atoms with van der Waals surface area (Å²) in [5, 5.41) is 6.40. The SMILES string of the molecule is CC(NC1CCCC1CNC(=O)OC(C)(C)C)C(=O)N1CCCCC1. The number of rotatable bonds is 5. The lowest BCUT2D eigenvalue weighted by atomic mass is 10.0. The van der Waals surface area contributed by atoms with Crippen molar-refractivity contribution < 1.29 is 14.3 Å². The Bertz CT molecular complexity index is 455. The van der Waals surface area contributed by atoms with Crippen molar-refractivity contribution in [2.75, 3.05) is 19.6 Å². The largest absolute Gasteiger partial charge is 0.444 e. The molecule has 6 nitrogen and oxygen atoms in total. The van der Waals surface area contributed by atoms with Crippen LogP contribution in [0.25, 0.3) is 0 Å². The van der Waals surface area contributed by atoms with E-state index in [1.54, 1.807) is 0 Å². The fourth-order valence-corrected chi connectivity index (χ4v) is 3.81. The zero-order valence-corrected chi connectivity index (χ0v) is 16.3. The van der Waals surface area contributed by atoms with Crippen molar-refractivity contribution in [3.8, 4) is 0 Å². The summed E-state index contributed by atoms with van der Waals surface area (Å²) in [6.45, 7) is 9.92. The molecule has 1 aliphatic carbocycles. The maximum atomic E-state index is 12.6. The molecule has 2 fully saturated rings. The number of nitrogens with one attached hydrogen (secondary N) is 2. The fraction of sp³-hybridized carbons (Fsp3) is 0.895. The van der Waals surface area contributed by atoms with Crippen LogP contribution in [0.2, 0.25) is 0 Å². The molecule has 2 aliphatic rings. The molecule has 6 heteroatoms. The van der Waals surface area contributed by atoms with E-state index in [9.17, 15) is 9.59 Å². The Morgan fingerprint density at radius 1 is 1.12 bits per heavy atom. The van der Waals surface area contributed by atoms with Crippen molar-refractivity contribution in [1.82, 2.24) is 15.5 Å². The van der Waals surface area contributed by atoms with E-state index < -0.39 is 5.60 Å². The predicted molar refractivity (Wildman–Crippen MR) is 98.4 cm³/mol. The van der Waals surface area contributed by atoms with Crippen LogP contribution in [0.3, 0.4) is 0 Å². The van der Waals surface area contributed by atoms with Crippen molar-refractivity contribution >= 4 is 12.0 Å². The third-order valence-corrected chi connectivity index (χ3v) is 5.07. The van der Waals surface area contributed by atoms with E-state index in [1.165, 1.54) is 6.42 Å². The summed E-state index contributed by atoms with van der Waals surface area (Å²) in [4.78, 5) is 26.4. The van der Waals surface area contributed by atoms with Gasteiger partial charge in [0.05, 0.1) is 6.04 Å². The van der Waals surface area contributed by atoms with Gasteiger partial charge in [0.15, 0.2) is 0 Å². The summed E-state index contributed by atoms with van der Waals surface area (Å²) in [7, 11) is 0. The highest BCUT2D eigenvalue weighted by Gasteiger charge is 2.31. The molecule has 0 spiro atoms. The number of alkyl carbamates (subject to hydrolysis) is 1. The minimum absolute atomic E-state index is 0.162. The number of carbonyl (C=O) groups excluding carboxylic acids is 2. The summed E-state index contributed by atoms with van der Waals surface area (Å²) in [6, 6.07) is 0.115. The third-order valence-electron chi connectivity index (χ3n) is 5.07. The molecule has 1 heterocycles. The first-order chi connectivity index (χ1) is 11.8. The molecule has 0 aromatic carbocycles. The van der Waals surface area contributed by atoms with Gasteiger partial charge in [-0.2, -0.15) is 0 Å². The van der Waals surface area contributed by atoms with E-state index >= 15 is 0 Å². The van der Waals surface area contributed by atoms with Crippen LogP contribution in [-0.2, 0) is 9.53 Å². The average Bonchev–Trinajstić information content (AvgIpc) is 2.98. The number of ether oxygens (including phenoxy) is 1. The zero-order chi connectivity index (χ0) is 18.4. The first kappa shape index (κ1) is 20.0. The Hall–Kier alpha value is -1.30. The van der Waals surface area contributed by atoms with Crippen molar-refractivity contribution in [3.63, 3.8) is 0 Å². The van der Waals surface area contributed by atoms with Crippen LogP contribution in [0.1, 0.15) is 66.2 Å². The number of likely N-dealkylation sites (tertiary alicyclic amines) is 1. The molecule has 0 aromatic rings. The topological polar surface area (TPSA) is 70.7 Å². The number of amides is 2. The minimum Gasteiger partial charge on any atom is -0.444 e. The van der Waals surface area contributed by atoms with Gasteiger partial charge >= 0.3 is 6.09 Å². The van der Waals surface area contributed by atoms with Gasteiger partial charge in [0, 0.05) is 25.7 Å². The van der Waals surface area contributed by atoms with Crippen molar-refractivity contribution in [1.29, 1.82) is 0 Å². The molecule has 3 atom stereocenters. The maximum absolute atomic E-state index is 12.6. The van der Waals surface area contributed by atoms with Crippen molar-refractivity contribution in [2.45, 2.75) is 83.9 Å². The molecule has 0 bridgehead atoms. The number of carbonyl (C=O) groups is 2. The first-order valence-electron chi connectivity index (χ1n) is 9.78. The molecule has 1 aliphatic heterocycles. The van der Waals surface area contributed by atoms with E-state index in [2.05, 4.69) is 10.6 Å². The van der Waals surface area contributed by atoms with Gasteiger partial charge in [0.2, 0.25) is 5.91 Å². The van der Waals surface area contributed by atoms with E-state index in [-0.39, 0.29) is 24.1 Å². The second-order valence-electron chi connectivity index (χ2n) is 8.45. The van der Waals surface area contributed by atoms with E-state index in [0.717, 1.165) is 45.2 Å². The second-order valence-corrected chi connectivity index (χ2v) is 8.45. The molecule has 0 aromatic heterocycles. The van der Waals surface area contributed by atoms with Gasteiger partial charge < -0.3 is 20.3 Å². The number of piperidine rings is 1. The van der Waals surface area contributed by atoms with Crippen molar-refractivity contribution in [3.05, 3.63) is 0 Å². The van der Waals surface area contributed by atoms with Gasteiger partial charge in [0.25, 0.3) is 0 Å². The van der Waals surface area contributed by atoms with Crippen LogP contribution >= 0.6 is 0 Å². The Morgan fingerprint density at radius 2 is 1.80 bits per heavy atom. The van der Waals surface area contributed by atoms with E-state index in [1.807, 2.05) is 32.6 Å². The molecule has 2 N–H and O–H groups in total. The lowest BCUT2D eigenvalue weighted by molar-refractivity contribution is -0.134. The smallest absolute Gasteiger partial charge is 0.407 e. The third kappa shape index (κ3) is 6.49. The Labute approximate surface area is 152 Å². The normalized spacial score (nSPS) is 25.5. The van der Waals surface area contributed by atoms with Crippen LogP contribution in [0.15, 0.2) is 0 Å². The van der Waals surface area contributed by atoms with Gasteiger partial charge in [-0.05, 0) is 65.7 Å². The van der Waals surface area contributed by atoms with Gasteiger partial charge in [-0.1, -0.05) is 6.42 Å². The first-order valence-corrected chi connectivity index (χ1v) is 9.78. The lowest BCUT2D eigenvalue weighted by Gasteiger charge is -2.32. The second kappa shape index (κ2) is 8.88. The number of nitrogens with zero attached hydrogens (tertiary/aromatic N) is 1. The molecule has 25 heavy (non-hydrogen) atoms. The molecule has 144 valence electrons. The summed E-state index contributed by atoms with van der Waals surface area (Å²) >= 11 is 0. The maximum Gasteiger partial charge on any atom is 0.407 e. The van der Waals surface area contributed by atoms with Crippen molar-refractivity contribution in [2.24, 2.45) is 5.92 Å². The van der Waals surface area contributed by atoms with Gasteiger partial charge in [-0.15, -0.1) is 0 Å². The molecule has 3 unspecified atom stereocenters. The predicted octanol–water partition coefficient (Wildman–Crippen LogP) is 2.67. The molecule has 2 rings (SSSR count).